The lowest BCUT2D eigenvalue weighted by atomic mass is 9.80. The molecule has 2 nitrogen and oxygen atoms in total. The standard InChI is InChI=1S/C24H35NO.56H2/c1-9-21-19(5)17(3)13-14-23(21)26-24(7,18(4)15-25-8)22-12-10-11-16(2)20(22)6;;;;;;;;;;;;;;;;;;;;;;;;;;;;;;;;;;;;;;;;;;;;;;;;;;;;;;;;/h10-14,18,25H,9,15H2,1-8H3;56*1H/t18?,24-;;;;;;;;;;;;;;;;;;;;;;;;;;;;;;;;;;;;;;;;;;;;;;;;;;;;;;;;/m1......................................................../s1. The molecule has 2 rings (SSSR count). The van der Waals surface area contributed by atoms with Crippen LogP contribution in [0.2, 0.25) is 0 Å². The Bertz CT molecular complexity index is 839. The van der Waals surface area contributed by atoms with Crippen molar-refractivity contribution in [1.29, 1.82) is 0 Å². The first kappa shape index (κ1) is 20.5. The molecule has 0 aromatic heterocycles. The van der Waals surface area contributed by atoms with Crippen LogP contribution < -0.4 is 10.1 Å². The number of hydrogen-bond acceptors (Lipinski definition) is 2. The van der Waals surface area contributed by atoms with Gasteiger partial charge in [0.1, 0.15) is 11.4 Å². The molecule has 26 heavy (non-hydrogen) atoms. The highest BCUT2D eigenvalue weighted by Crippen LogP contribution is 2.39. The second kappa shape index (κ2) is 8.26. The molecule has 2 aromatic carbocycles. The van der Waals surface area contributed by atoms with E-state index < -0.39 is 5.60 Å². The molecule has 2 heteroatoms. The maximum Gasteiger partial charge on any atom is 0.135 e. The zero-order valence-corrected chi connectivity index (χ0v) is 17.8. The van der Waals surface area contributed by atoms with Crippen LogP contribution in [0.1, 0.15) is 134 Å². The molecule has 0 aliphatic rings. The lowest BCUT2D eigenvalue weighted by Gasteiger charge is -2.39. The molecule has 0 fully saturated rings. The van der Waals surface area contributed by atoms with E-state index in [1.54, 1.807) is 0 Å². The first-order valence-electron chi connectivity index (χ1n) is 9.75. The van der Waals surface area contributed by atoms with Crippen LogP contribution in [-0.2, 0) is 12.0 Å². The van der Waals surface area contributed by atoms with E-state index in [4.69, 9.17) is 4.74 Å². The predicted molar refractivity (Wildman–Crippen MR) is 231 cm³/mol. The van der Waals surface area contributed by atoms with E-state index in [1.165, 1.54) is 33.4 Å². The predicted octanol–water partition coefficient (Wildman–Crippen LogP) is 19.4. The third-order valence-corrected chi connectivity index (χ3v) is 6.09. The molecule has 0 spiro atoms. The Morgan fingerprint density at radius 2 is 1.69 bits per heavy atom. The van der Waals surface area contributed by atoms with Gasteiger partial charge in [-0.25, -0.2) is 0 Å². The van der Waals surface area contributed by atoms with Crippen molar-refractivity contribution in [2.24, 2.45) is 5.92 Å². The van der Waals surface area contributed by atoms with E-state index in [-0.39, 0.29) is 79.9 Å². The molecular formula is C24H147NO. The van der Waals surface area contributed by atoms with Crippen LogP contribution in [0.4, 0.5) is 0 Å². The Balaban J connectivity index is -0.00000000246. The lowest BCUT2D eigenvalue weighted by molar-refractivity contribution is 0.0283. The summed E-state index contributed by atoms with van der Waals surface area (Å²) in [5.74, 6) is 1.33. The highest BCUT2D eigenvalue weighted by Gasteiger charge is 2.37. The molecule has 0 saturated heterocycles. The van der Waals surface area contributed by atoms with Gasteiger partial charge in [-0.05, 0) is 87.5 Å². The molecular weight excluding hydrogens is 318 g/mol. The molecule has 0 bridgehead atoms. The van der Waals surface area contributed by atoms with Crippen molar-refractivity contribution < 1.29 is 84.6 Å². The Labute approximate surface area is 243 Å². The van der Waals surface area contributed by atoms with Crippen LogP contribution in [0, 0.1) is 33.6 Å². The minimum Gasteiger partial charge on any atom is -0.482 e. The summed E-state index contributed by atoms with van der Waals surface area (Å²) in [6.45, 7) is 16.4. The maximum atomic E-state index is 6.86. The summed E-state index contributed by atoms with van der Waals surface area (Å²) < 4.78 is 6.86. The van der Waals surface area contributed by atoms with Crippen molar-refractivity contribution in [3.8, 4) is 5.75 Å². The third-order valence-electron chi connectivity index (χ3n) is 6.09. The minimum atomic E-state index is -0.398. The van der Waals surface area contributed by atoms with Crippen molar-refractivity contribution in [2.45, 2.75) is 60.5 Å². The van der Waals surface area contributed by atoms with Gasteiger partial charge in [0.25, 0.3) is 0 Å². The normalized spacial score (nSPS) is 14.8. The second-order valence-electron chi connectivity index (χ2n) is 7.75. The zero-order valence-electron chi connectivity index (χ0n) is 17.8. The average Bonchev–Trinajstić information content (AvgIpc) is 2.61. The van der Waals surface area contributed by atoms with Crippen LogP contribution in [0.5, 0.6) is 5.75 Å². The Morgan fingerprint density at radius 1 is 1.04 bits per heavy atom. The molecule has 0 heterocycles. The van der Waals surface area contributed by atoms with E-state index in [2.05, 4.69) is 84.1 Å². The number of rotatable bonds is 7. The summed E-state index contributed by atoms with van der Waals surface area (Å²) in [6, 6.07) is 10.9. The number of aryl methyl sites for hydroxylation is 2. The van der Waals surface area contributed by atoms with Crippen molar-refractivity contribution in [1.82, 2.24) is 5.32 Å². The molecule has 2 aromatic rings. The van der Waals surface area contributed by atoms with Crippen molar-refractivity contribution in [2.75, 3.05) is 13.6 Å². The molecule has 1 unspecified atom stereocenters. The number of hydrogen-bond donors (Lipinski definition) is 1. The quantitative estimate of drug-likeness (QED) is 0.438. The van der Waals surface area contributed by atoms with Crippen LogP contribution in [0.25, 0.3) is 0 Å². The SMILES string of the molecule is CCc1c(O[C@@](C)(c2cccc(C)c2C)C(C)CNC)ccc(C)c1C.[HH].[HH].[HH].[HH].[HH].[HH].[HH].[HH].[HH].[HH].[HH].[HH].[HH].[HH].[HH].[HH].[HH].[HH].[HH].[HH].[HH].[HH].[HH].[HH].[HH].[HH].[HH].[HH].[HH].[HH].[HH].[HH].[HH].[HH].[HH].[HH].[HH].[HH].[HH].[HH].[HH].[HH].[HH].[HH].[HH].[HH].[HH].[HH].[HH].[HH].[HH].[HH].[HH].[HH].[HH].[HH]. The average molecular weight is 466 g/mol. The lowest BCUT2D eigenvalue weighted by Crippen LogP contribution is -2.42. The minimum absolute atomic E-state index is 0. The summed E-state index contributed by atoms with van der Waals surface area (Å²) in [5.41, 5.74) is 7.49. The summed E-state index contributed by atoms with van der Waals surface area (Å²) in [5, 5.41) is 3.33. The molecule has 0 aliphatic carbocycles. The van der Waals surface area contributed by atoms with E-state index in [0.717, 1.165) is 18.7 Å². The molecule has 1 N–H and O–H groups in total. The van der Waals surface area contributed by atoms with Gasteiger partial charge in [0.2, 0.25) is 0 Å². The number of benzene rings is 2. The third kappa shape index (κ3) is 3.81. The van der Waals surface area contributed by atoms with Crippen LogP contribution in [0.15, 0.2) is 30.3 Å². The van der Waals surface area contributed by atoms with Crippen LogP contribution >= 0.6 is 0 Å². The van der Waals surface area contributed by atoms with Crippen LogP contribution in [0.3, 0.4) is 0 Å². The highest BCUT2D eigenvalue weighted by atomic mass is 16.5. The monoisotopic (exact) mass is 466 g/mol. The van der Waals surface area contributed by atoms with E-state index >= 15 is 0 Å². The molecule has 0 radical (unpaired) electrons. The van der Waals surface area contributed by atoms with Crippen molar-refractivity contribution in [3.63, 3.8) is 0 Å². The largest absolute Gasteiger partial charge is 0.482 e. The fourth-order valence-corrected chi connectivity index (χ4v) is 3.82. The van der Waals surface area contributed by atoms with E-state index in [9.17, 15) is 0 Å². The zero-order chi connectivity index (χ0) is 19.5. The van der Waals surface area contributed by atoms with Gasteiger partial charge in [-0.15, -0.1) is 0 Å². The Hall–Kier alpha value is -1.80. The highest BCUT2D eigenvalue weighted by molar-refractivity contribution is 5.46. The Kier molecular flexibility index (Phi) is 6.52. The summed E-state index contributed by atoms with van der Waals surface area (Å²) >= 11 is 0. The van der Waals surface area contributed by atoms with E-state index in [0.29, 0.717) is 5.92 Å². The van der Waals surface area contributed by atoms with Gasteiger partial charge in [-0.3, -0.25) is 0 Å². The Morgan fingerprint density at radius 3 is 2.31 bits per heavy atom. The molecule has 0 aliphatic heterocycles. The smallest absolute Gasteiger partial charge is 0.135 e. The summed E-state index contributed by atoms with van der Waals surface area (Å²) in [7, 11) is 2.01. The van der Waals surface area contributed by atoms with Crippen molar-refractivity contribution in [3.05, 3.63) is 63.7 Å². The first-order chi connectivity index (χ1) is 12.3. The topological polar surface area (TPSA) is 21.3 Å². The van der Waals surface area contributed by atoms with E-state index in [1.807, 2.05) is 7.05 Å². The second-order valence-corrected chi connectivity index (χ2v) is 7.75. The number of ether oxygens (including phenoxy) is 1. The molecule has 0 saturated carbocycles. The van der Waals surface area contributed by atoms with Gasteiger partial charge < -0.3 is 10.1 Å². The number of nitrogens with one attached hydrogen (secondary N) is 1. The molecule has 254 valence electrons. The maximum absolute atomic E-state index is 6.86. The van der Waals surface area contributed by atoms with Gasteiger partial charge in [0.15, 0.2) is 0 Å². The van der Waals surface area contributed by atoms with Gasteiger partial charge in [-0.1, -0.05) is 38.1 Å². The summed E-state index contributed by atoms with van der Waals surface area (Å²) in [4.78, 5) is 0. The van der Waals surface area contributed by atoms with Gasteiger partial charge in [0, 0.05) is 92.4 Å². The van der Waals surface area contributed by atoms with Gasteiger partial charge in [0.05, 0.1) is 0 Å². The van der Waals surface area contributed by atoms with Gasteiger partial charge in [-0.2, -0.15) is 0 Å². The fourth-order valence-electron chi connectivity index (χ4n) is 3.82. The molecule has 2 atom stereocenters. The van der Waals surface area contributed by atoms with Crippen molar-refractivity contribution >= 4 is 0 Å². The fraction of sp³-hybridized carbons (Fsp3) is 0.500. The molecule has 0 amide bonds. The van der Waals surface area contributed by atoms with Gasteiger partial charge >= 0.3 is 0 Å². The first-order valence-corrected chi connectivity index (χ1v) is 9.75. The summed E-state index contributed by atoms with van der Waals surface area (Å²) in [6.07, 6.45) is 0.978. The van der Waals surface area contributed by atoms with Crippen LogP contribution in [-0.4, -0.2) is 13.6 Å².